The fourth-order valence-electron chi connectivity index (χ4n) is 2.31. The van der Waals surface area contributed by atoms with Gasteiger partial charge in [-0.3, -0.25) is 4.79 Å². The van der Waals surface area contributed by atoms with Crippen LogP contribution in [0.2, 0.25) is 0 Å². The Morgan fingerprint density at radius 3 is 2.31 bits per heavy atom. The van der Waals surface area contributed by atoms with E-state index in [0.717, 1.165) is 5.56 Å². The molecule has 2 aromatic carbocycles. The first-order valence-electron chi connectivity index (χ1n) is 8.23. The van der Waals surface area contributed by atoms with Crippen molar-refractivity contribution in [1.29, 1.82) is 0 Å². The van der Waals surface area contributed by atoms with Crippen molar-refractivity contribution in [3.8, 4) is 0 Å². The second-order valence-electron chi connectivity index (χ2n) is 6.98. The summed E-state index contributed by atoms with van der Waals surface area (Å²) in [5.74, 6) is -0.858. The first-order chi connectivity index (χ1) is 12.1. The van der Waals surface area contributed by atoms with Gasteiger partial charge in [-0.1, -0.05) is 39.0 Å². The quantitative estimate of drug-likeness (QED) is 0.809. The minimum atomic E-state index is -3.69. The van der Waals surface area contributed by atoms with Crippen LogP contribution in [-0.2, 0) is 20.2 Å². The summed E-state index contributed by atoms with van der Waals surface area (Å²) in [7, 11) is -3.69. The maximum atomic E-state index is 13.1. The number of anilines is 1. The summed E-state index contributed by atoms with van der Waals surface area (Å²) in [5, 5.41) is 2.52. The molecule has 5 nitrogen and oxygen atoms in total. The van der Waals surface area contributed by atoms with Crippen LogP contribution in [0.25, 0.3) is 0 Å². The Morgan fingerprint density at radius 1 is 1.08 bits per heavy atom. The zero-order valence-corrected chi connectivity index (χ0v) is 15.9. The number of carbonyl (C=O) groups excluding carboxylic acids is 1. The lowest BCUT2D eigenvalue weighted by Crippen LogP contribution is -2.28. The van der Waals surface area contributed by atoms with Gasteiger partial charge in [0.05, 0.1) is 4.90 Å². The van der Waals surface area contributed by atoms with Gasteiger partial charge in [-0.15, -0.1) is 0 Å². The summed E-state index contributed by atoms with van der Waals surface area (Å²) in [6.45, 7) is 6.09. The second kappa shape index (κ2) is 7.97. The summed E-state index contributed by atoms with van der Waals surface area (Å²) >= 11 is 0. The lowest BCUT2D eigenvalue weighted by atomic mass is 9.87. The molecule has 2 aromatic rings. The zero-order valence-electron chi connectivity index (χ0n) is 15.0. The third-order valence-electron chi connectivity index (χ3n) is 3.78. The topological polar surface area (TPSA) is 75.3 Å². The first kappa shape index (κ1) is 20.1. The van der Waals surface area contributed by atoms with E-state index in [1.54, 1.807) is 30.3 Å². The van der Waals surface area contributed by atoms with Crippen LogP contribution in [0.4, 0.5) is 10.1 Å². The molecule has 0 aliphatic carbocycles. The molecule has 2 rings (SSSR count). The molecular formula is C19H23FN2O3S. The van der Waals surface area contributed by atoms with Crippen molar-refractivity contribution in [2.45, 2.75) is 37.5 Å². The number of hydrogen-bond donors (Lipinski definition) is 2. The Labute approximate surface area is 153 Å². The van der Waals surface area contributed by atoms with Crippen LogP contribution in [-0.4, -0.2) is 20.9 Å². The maximum absolute atomic E-state index is 13.1. The average molecular weight is 378 g/mol. The fourth-order valence-corrected chi connectivity index (χ4v) is 3.34. The molecule has 0 fully saturated rings. The minimum Gasteiger partial charge on any atom is -0.326 e. The van der Waals surface area contributed by atoms with E-state index in [4.69, 9.17) is 0 Å². The van der Waals surface area contributed by atoms with Crippen LogP contribution in [0.15, 0.2) is 53.4 Å². The molecule has 2 N–H and O–H groups in total. The van der Waals surface area contributed by atoms with E-state index >= 15 is 0 Å². The smallest absolute Gasteiger partial charge is 0.240 e. The number of benzene rings is 2. The second-order valence-corrected chi connectivity index (χ2v) is 8.75. The third-order valence-corrected chi connectivity index (χ3v) is 5.26. The van der Waals surface area contributed by atoms with Crippen molar-refractivity contribution in [3.05, 3.63) is 59.9 Å². The first-order valence-corrected chi connectivity index (χ1v) is 9.72. The molecule has 0 saturated carbocycles. The molecule has 0 saturated heterocycles. The summed E-state index contributed by atoms with van der Waals surface area (Å²) in [6.07, 6.45) is -0.0597. The van der Waals surface area contributed by atoms with Crippen LogP contribution >= 0.6 is 0 Å². The number of hydrogen-bond acceptors (Lipinski definition) is 3. The van der Waals surface area contributed by atoms with Crippen molar-refractivity contribution >= 4 is 21.6 Å². The van der Waals surface area contributed by atoms with E-state index in [9.17, 15) is 17.6 Å². The van der Waals surface area contributed by atoms with Gasteiger partial charge in [-0.25, -0.2) is 17.5 Å². The molecule has 0 radical (unpaired) electrons. The molecular weight excluding hydrogens is 355 g/mol. The van der Waals surface area contributed by atoms with Crippen molar-refractivity contribution < 1.29 is 17.6 Å². The molecule has 0 unspecified atom stereocenters. The molecule has 0 heterocycles. The van der Waals surface area contributed by atoms with Crippen LogP contribution in [0.1, 0.15) is 32.8 Å². The standard InChI is InChI=1S/C19H23FN2O3S/c1-19(2,3)14-7-9-17(10-8-14)26(24,25)21-12-11-18(23)22-16-6-4-5-15(20)13-16/h4-10,13,21H,11-12H2,1-3H3,(H,22,23). The summed E-state index contributed by atoms with van der Waals surface area (Å²) < 4.78 is 40.0. The van der Waals surface area contributed by atoms with Gasteiger partial charge in [-0.2, -0.15) is 0 Å². The highest BCUT2D eigenvalue weighted by Gasteiger charge is 2.17. The maximum Gasteiger partial charge on any atom is 0.240 e. The molecule has 0 spiro atoms. The Bertz CT molecular complexity index is 872. The molecule has 1 amide bonds. The molecule has 7 heteroatoms. The normalized spacial score (nSPS) is 12.0. The highest BCUT2D eigenvalue weighted by atomic mass is 32.2. The van der Waals surface area contributed by atoms with Gasteiger partial charge in [0, 0.05) is 18.7 Å². The monoisotopic (exact) mass is 378 g/mol. The van der Waals surface area contributed by atoms with E-state index in [1.165, 1.54) is 18.2 Å². The van der Waals surface area contributed by atoms with Gasteiger partial charge in [0.25, 0.3) is 0 Å². The largest absolute Gasteiger partial charge is 0.326 e. The molecule has 0 aliphatic rings. The third kappa shape index (κ3) is 5.64. The Kier molecular flexibility index (Phi) is 6.15. The van der Waals surface area contributed by atoms with E-state index in [-0.39, 0.29) is 23.3 Å². The van der Waals surface area contributed by atoms with Gasteiger partial charge in [-0.05, 0) is 41.3 Å². The highest BCUT2D eigenvalue weighted by Crippen LogP contribution is 2.23. The van der Waals surface area contributed by atoms with Gasteiger partial charge in [0.2, 0.25) is 15.9 Å². The zero-order chi connectivity index (χ0) is 19.4. The Balaban J connectivity index is 1.90. The van der Waals surface area contributed by atoms with Crippen LogP contribution in [0, 0.1) is 5.82 Å². The van der Waals surface area contributed by atoms with Crippen molar-refractivity contribution in [2.75, 3.05) is 11.9 Å². The van der Waals surface area contributed by atoms with Crippen molar-refractivity contribution in [3.63, 3.8) is 0 Å². The number of nitrogens with one attached hydrogen (secondary N) is 2. The van der Waals surface area contributed by atoms with E-state index < -0.39 is 21.7 Å². The van der Waals surface area contributed by atoms with Crippen LogP contribution < -0.4 is 10.0 Å². The molecule has 0 bridgehead atoms. The van der Waals surface area contributed by atoms with Crippen LogP contribution in [0.5, 0.6) is 0 Å². The molecule has 26 heavy (non-hydrogen) atoms. The van der Waals surface area contributed by atoms with Crippen molar-refractivity contribution in [2.24, 2.45) is 0 Å². The number of amides is 1. The predicted octanol–water partition coefficient (Wildman–Crippen LogP) is 3.43. The number of halogens is 1. The lowest BCUT2D eigenvalue weighted by Gasteiger charge is -2.19. The van der Waals surface area contributed by atoms with Crippen molar-refractivity contribution in [1.82, 2.24) is 4.72 Å². The van der Waals surface area contributed by atoms with Gasteiger partial charge in [0.15, 0.2) is 0 Å². The lowest BCUT2D eigenvalue weighted by molar-refractivity contribution is -0.116. The number of sulfonamides is 1. The predicted molar refractivity (Wildman–Crippen MR) is 100.0 cm³/mol. The molecule has 0 aliphatic heterocycles. The summed E-state index contributed by atoms with van der Waals surface area (Å²) in [6, 6.07) is 12.2. The van der Waals surface area contributed by atoms with Gasteiger partial charge in [0.1, 0.15) is 5.82 Å². The molecule has 0 aromatic heterocycles. The molecule has 0 atom stereocenters. The highest BCUT2D eigenvalue weighted by molar-refractivity contribution is 7.89. The Morgan fingerprint density at radius 2 is 1.73 bits per heavy atom. The van der Waals surface area contributed by atoms with Crippen LogP contribution in [0.3, 0.4) is 0 Å². The summed E-state index contributed by atoms with van der Waals surface area (Å²) in [5.41, 5.74) is 1.30. The Hall–Kier alpha value is -2.25. The summed E-state index contributed by atoms with van der Waals surface area (Å²) in [4.78, 5) is 12.0. The number of rotatable bonds is 6. The van der Waals surface area contributed by atoms with Gasteiger partial charge >= 0.3 is 0 Å². The minimum absolute atomic E-state index is 0.0511. The fraction of sp³-hybridized carbons (Fsp3) is 0.316. The van der Waals surface area contributed by atoms with E-state index in [1.807, 2.05) is 20.8 Å². The molecule has 140 valence electrons. The number of carbonyl (C=O) groups is 1. The van der Waals surface area contributed by atoms with E-state index in [2.05, 4.69) is 10.0 Å². The SMILES string of the molecule is CC(C)(C)c1ccc(S(=O)(=O)NCCC(=O)Nc2cccc(F)c2)cc1. The van der Waals surface area contributed by atoms with E-state index in [0.29, 0.717) is 5.69 Å². The van der Waals surface area contributed by atoms with Gasteiger partial charge < -0.3 is 5.32 Å². The average Bonchev–Trinajstić information content (AvgIpc) is 2.54.